The monoisotopic (exact) mass is 232 g/mol. The van der Waals surface area contributed by atoms with Gasteiger partial charge in [0.05, 0.1) is 10.2 Å². The highest BCUT2D eigenvalue weighted by atomic mass is 32.1. The highest BCUT2D eigenvalue weighted by molar-refractivity contribution is 7.22. The predicted molar refractivity (Wildman–Crippen MR) is 70.2 cm³/mol. The van der Waals surface area contributed by atoms with Crippen molar-refractivity contribution in [3.63, 3.8) is 0 Å². The van der Waals surface area contributed by atoms with Crippen molar-refractivity contribution in [1.29, 1.82) is 0 Å². The van der Waals surface area contributed by atoms with Crippen molar-refractivity contribution in [2.24, 2.45) is 5.92 Å². The summed E-state index contributed by atoms with van der Waals surface area (Å²) in [6.07, 6.45) is 2.75. The molecule has 1 aromatic carbocycles. The summed E-state index contributed by atoms with van der Waals surface area (Å²) in [6.45, 7) is 4.37. The molecule has 16 heavy (non-hydrogen) atoms. The quantitative estimate of drug-likeness (QED) is 0.870. The number of anilines is 1. The van der Waals surface area contributed by atoms with Crippen LogP contribution in [0.3, 0.4) is 0 Å². The van der Waals surface area contributed by atoms with Crippen LogP contribution in [0.1, 0.15) is 25.3 Å². The minimum atomic E-state index is 0.571. The molecular formula is C13H16N2S. The van der Waals surface area contributed by atoms with Gasteiger partial charge in [0.2, 0.25) is 0 Å². The van der Waals surface area contributed by atoms with Gasteiger partial charge in [-0.25, -0.2) is 4.98 Å². The van der Waals surface area contributed by atoms with Gasteiger partial charge in [-0.2, -0.15) is 0 Å². The summed E-state index contributed by atoms with van der Waals surface area (Å²) in [5.74, 6) is 0.869. The molecule has 84 valence electrons. The summed E-state index contributed by atoms with van der Waals surface area (Å²) in [6, 6.07) is 7.03. The van der Waals surface area contributed by atoms with Crippen LogP contribution >= 0.6 is 11.3 Å². The van der Waals surface area contributed by atoms with Gasteiger partial charge in [0.25, 0.3) is 0 Å². The highest BCUT2D eigenvalue weighted by Crippen LogP contribution is 2.35. The molecule has 1 fully saturated rings. The molecule has 3 rings (SSSR count). The van der Waals surface area contributed by atoms with Gasteiger partial charge >= 0.3 is 0 Å². The number of nitrogens with zero attached hydrogens (tertiary/aromatic N) is 1. The molecule has 0 bridgehead atoms. The number of hydrogen-bond donors (Lipinski definition) is 1. The summed E-state index contributed by atoms with van der Waals surface area (Å²) >= 11 is 1.76. The van der Waals surface area contributed by atoms with Crippen molar-refractivity contribution < 1.29 is 0 Å². The lowest BCUT2D eigenvalue weighted by atomic mass is 10.2. The number of hydrogen-bond acceptors (Lipinski definition) is 3. The van der Waals surface area contributed by atoms with Crippen molar-refractivity contribution >= 4 is 26.7 Å². The first kappa shape index (κ1) is 10.1. The minimum absolute atomic E-state index is 0.571. The first-order valence-electron chi connectivity index (χ1n) is 5.86. The van der Waals surface area contributed by atoms with E-state index in [2.05, 4.69) is 42.3 Å². The topological polar surface area (TPSA) is 24.9 Å². The summed E-state index contributed by atoms with van der Waals surface area (Å²) < 4.78 is 1.27. The van der Waals surface area contributed by atoms with Gasteiger partial charge in [0.1, 0.15) is 0 Å². The Bertz CT molecular complexity index is 514. The summed E-state index contributed by atoms with van der Waals surface area (Å²) in [5, 5.41) is 4.59. The molecule has 0 aliphatic heterocycles. The number of nitrogens with one attached hydrogen (secondary N) is 1. The Balaban J connectivity index is 1.86. The summed E-state index contributed by atoms with van der Waals surface area (Å²) in [4.78, 5) is 4.63. The lowest BCUT2D eigenvalue weighted by Crippen LogP contribution is -2.16. The van der Waals surface area contributed by atoms with E-state index in [4.69, 9.17) is 0 Å². The third-order valence-corrected chi connectivity index (χ3v) is 4.19. The largest absolute Gasteiger partial charge is 0.359 e. The molecule has 1 atom stereocenters. The fourth-order valence-electron chi connectivity index (χ4n) is 2.01. The Hall–Kier alpha value is -1.09. The van der Waals surface area contributed by atoms with E-state index in [0.717, 1.165) is 16.6 Å². The van der Waals surface area contributed by atoms with E-state index >= 15 is 0 Å². The summed E-state index contributed by atoms with van der Waals surface area (Å²) in [5.41, 5.74) is 2.40. The lowest BCUT2D eigenvalue weighted by molar-refractivity contribution is 0.693. The molecule has 0 amide bonds. The fraction of sp³-hybridized carbons (Fsp3) is 0.462. The first-order valence-corrected chi connectivity index (χ1v) is 6.68. The molecule has 3 heteroatoms. The summed E-state index contributed by atoms with van der Waals surface area (Å²) in [7, 11) is 0. The van der Waals surface area contributed by atoms with Gasteiger partial charge in [-0.1, -0.05) is 17.4 Å². The molecule has 1 N–H and O–H groups in total. The van der Waals surface area contributed by atoms with Crippen molar-refractivity contribution in [3.05, 3.63) is 23.8 Å². The van der Waals surface area contributed by atoms with E-state index in [9.17, 15) is 0 Å². The normalized spacial score (nSPS) is 17.6. The molecule has 1 unspecified atom stereocenters. The Morgan fingerprint density at radius 3 is 3.00 bits per heavy atom. The lowest BCUT2D eigenvalue weighted by Gasteiger charge is -2.10. The van der Waals surface area contributed by atoms with Gasteiger partial charge in [-0.05, 0) is 50.3 Å². The highest BCUT2D eigenvalue weighted by Gasteiger charge is 2.28. The molecule has 1 aromatic heterocycles. The molecule has 1 heterocycles. The number of rotatable bonds is 3. The Kier molecular flexibility index (Phi) is 2.36. The van der Waals surface area contributed by atoms with Crippen LogP contribution in [-0.2, 0) is 0 Å². The second kappa shape index (κ2) is 3.74. The van der Waals surface area contributed by atoms with Crippen LogP contribution in [0.4, 0.5) is 5.13 Å². The number of thiazole rings is 1. The van der Waals surface area contributed by atoms with Crippen molar-refractivity contribution in [2.45, 2.75) is 32.7 Å². The average Bonchev–Trinajstić information content (AvgIpc) is 3.00. The standard InChI is InChI=1S/C13H16N2S/c1-8-3-6-12-11(7-8)15-13(16-12)14-9(2)10-4-5-10/h3,6-7,9-10H,4-5H2,1-2H3,(H,14,15). The van der Waals surface area contributed by atoms with Crippen LogP contribution in [0.2, 0.25) is 0 Å². The van der Waals surface area contributed by atoms with E-state index in [1.807, 2.05) is 0 Å². The van der Waals surface area contributed by atoms with E-state index in [-0.39, 0.29) is 0 Å². The van der Waals surface area contributed by atoms with E-state index < -0.39 is 0 Å². The fourth-order valence-corrected chi connectivity index (χ4v) is 2.95. The molecule has 0 spiro atoms. The maximum Gasteiger partial charge on any atom is 0.184 e. The van der Waals surface area contributed by atoms with Crippen LogP contribution in [-0.4, -0.2) is 11.0 Å². The van der Waals surface area contributed by atoms with E-state index in [1.165, 1.54) is 23.1 Å². The SMILES string of the molecule is Cc1ccc2sc(NC(C)C3CC3)nc2c1. The number of fused-ring (bicyclic) bond motifs is 1. The van der Waals surface area contributed by atoms with Crippen molar-refractivity contribution in [3.8, 4) is 0 Å². The Morgan fingerprint density at radius 2 is 2.25 bits per heavy atom. The van der Waals surface area contributed by atoms with Crippen LogP contribution in [0.15, 0.2) is 18.2 Å². The smallest absolute Gasteiger partial charge is 0.184 e. The first-order chi connectivity index (χ1) is 7.72. The third kappa shape index (κ3) is 1.92. The van der Waals surface area contributed by atoms with E-state index in [1.54, 1.807) is 11.3 Å². The van der Waals surface area contributed by atoms with Crippen LogP contribution in [0, 0.1) is 12.8 Å². The zero-order valence-electron chi connectivity index (χ0n) is 9.66. The van der Waals surface area contributed by atoms with Crippen LogP contribution in [0.5, 0.6) is 0 Å². The van der Waals surface area contributed by atoms with Gasteiger partial charge in [0.15, 0.2) is 5.13 Å². The van der Waals surface area contributed by atoms with Crippen molar-refractivity contribution in [2.75, 3.05) is 5.32 Å². The average molecular weight is 232 g/mol. The third-order valence-electron chi connectivity index (χ3n) is 3.22. The number of aromatic nitrogens is 1. The molecule has 0 radical (unpaired) electrons. The Morgan fingerprint density at radius 1 is 1.44 bits per heavy atom. The Labute approximate surface area is 99.7 Å². The molecule has 1 aliphatic rings. The molecule has 1 saturated carbocycles. The number of aryl methyl sites for hydroxylation is 1. The van der Waals surface area contributed by atoms with Crippen molar-refractivity contribution in [1.82, 2.24) is 4.98 Å². The maximum atomic E-state index is 4.63. The second-order valence-corrected chi connectivity index (χ2v) is 5.79. The van der Waals surface area contributed by atoms with Gasteiger partial charge in [-0.15, -0.1) is 0 Å². The minimum Gasteiger partial charge on any atom is -0.359 e. The van der Waals surface area contributed by atoms with Crippen LogP contribution in [0.25, 0.3) is 10.2 Å². The van der Waals surface area contributed by atoms with Gasteiger partial charge in [-0.3, -0.25) is 0 Å². The zero-order valence-corrected chi connectivity index (χ0v) is 10.5. The predicted octanol–water partition coefficient (Wildman–Crippen LogP) is 3.82. The molecular weight excluding hydrogens is 216 g/mol. The molecule has 0 saturated heterocycles. The zero-order chi connectivity index (χ0) is 11.1. The molecule has 2 nitrogen and oxygen atoms in total. The van der Waals surface area contributed by atoms with E-state index in [0.29, 0.717) is 6.04 Å². The molecule has 2 aromatic rings. The molecule has 1 aliphatic carbocycles. The van der Waals surface area contributed by atoms with Gasteiger partial charge in [0, 0.05) is 6.04 Å². The maximum absolute atomic E-state index is 4.63. The van der Waals surface area contributed by atoms with Crippen LogP contribution < -0.4 is 5.32 Å². The van der Waals surface area contributed by atoms with Gasteiger partial charge < -0.3 is 5.32 Å². The second-order valence-electron chi connectivity index (χ2n) is 4.76. The number of benzene rings is 1.